The van der Waals surface area contributed by atoms with Gasteiger partial charge in [-0.3, -0.25) is 4.79 Å². The molecule has 0 radical (unpaired) electrons. The van der Waals surface area contributed by atoms with E-state index in [4.69, 9.17) is 4.98 Å². The Balaban J connectivity index is 1.41. The Kier molecular flexibility index (Phi) is 6.23. The van der Waals surface area contributed by atoms with Crippen molar-refractivity contribution < 1.29 is 4.79 Å². The van der Waals surface area contributed by atoms with Crippen LogP contribution in [0.4, 0.5) is 17.1 Å². The first-order valence-corrected chi connectivity index (χ1v) is 11.5. The summed E-state index contributed by atoms with van der Waals surface area (Å²) in [4.78, 5) is 18.0. The molecule has 0 saturated carbocycles. The van der Waals surface area contributed by atoms with Crippen LogP contribution < -0.4 is 5.32 Å². The normalized spacial score (nSPS) is 11.1. The average molecular weight is 507 g/mol. The summed E-state index contributed by atoms with van der Waals surface area (Å²) in [5.74, 6) is -0.198. The van der Waals surface area contributed by atoms with Crippen LogP contribution in [0.1, 0.15) is 10.4 Å². The zero-order valence-electron chi connectivity index (χ0n) is 18.0. The average Bonchev–Trinajstić information content (AvgIpc) is 2.88. The van der Waals surface area contributed by atoms with E-state index in [1.807, 2.05) is 109 Å². The summed E-state index contributed by atoms with van der Waals surface area (Å²) in [6.45, 7) is 0. The minimum atomic E-state index is -0.198. The second kappa shape index (κ2) is 9.77. The Labute approximate surface area is 205 Å². The molecule has 0 spiro atoms. The molecule has 0 saturated heterocycles. The van der Waals surface area contributed by atoms with Gasteiger partial charge in [-0.1, -0.05) is 64.5 Å². The van der Waals surface area contributed by atoms with Gasteiger partial charge in [0.15, 0.2) is 0 Å². The highest BCUT2D eigenvalue weighted by atomic mass is 79.9. The van der Waals surface area contributed by atoms with Crippen LogP contribution in [-0.2, 0) is 0 Å². The van der Waals surface area contributed by atoms with Gasteiger partial charge in [-0.05, 0) is 60.7 Å². The number of azo groups is 1. The lowest BCUT2D eigenvalue weighted by Gasteiger charge is -2.11. The van der Waals surface area contributed by atoms with E-state index in [-0.39, 0.29) is 5.91 Å². The third-order valence-corrected chi connectivity index (χ3v) is 5.79. The number of para-hydroxylation sites is 1. The molecule has 5 nitrogen and oxygen atoms in total. The van der Waals surface area contributed by atoms with Crippen LogP contribution in [0.2, 0.25) is 0 Å². The molecule has 0 aliphatic rings. The van der Waals surface area contributed by atoms with Crippen molar-refractivity contribution in [2.75, 3.05) is 5.32 Å². The minimum Gasteiger partial charge on any atom is -0.322 e. The summed E-state index contributed by atoms with van der Waals surface area (Å²) in [6.07, 6.45) is 0. The molecule has 0 aliphatic carbocycles. The number of nitrogens with zero attached hydrogens (tertiary/aromatic N) is 3. The summed E-state index contributed by atoms with van der Waals surface area (Å²) in [5.41, 5.74) is 5.18. The van der Waals surface area contributed by atoms with Gasteiger partial charge in [-0.15, -0.1) is 0 Å². The van der Waals surface area contributed by atoms with E-state index in [0.29, 0.717) is 16.9 Å². The Morgan fingerprint density at radius 2 is 1.38 bits per heavy atom. The summed E-state index contributed by atoms with van der Waals surface area (Å²) in [5, 5.41) is 12.3. The Bertz CT molecular complexity index is 1480. The van der Waals surface area contributed by atoms with Gasteiger partial charge in [-0.25, -0.2) is 4.98 Å². The molecule has 0 fully saturated rings. The van der Waals surface area contributed by atoms with Crippen molar-refractivity contribution in [3.8, 4) is 11.3 Å². The fourth-order valence-electron chi connectivity index (χ4n) is 3.55. The minimum absolute atomic E-state index is 0.198. The van der Waals surface area contributed by atoms with Crippen molar-refractivity contribution >= 4 is 49.8 Å². The molecular formula is C28H19BrN4O. The molecule has 6 heteroatoms. The maximum absolute atomic E-state index is 13.3. The second-order valence-corrected chi connectivity index (χ2v) is 8.53. The smallest absolute Gasteiger partial charge is 0.256 e. The molecule has 5 rings (SSSR count). The number of hydrogen-bond donors (Lipinski definition) is 1. The quantitative estimate of drug-likeness (QED) is 0.243. The number of anilines is 1. The first kappa shape index (κ1) is 21.7. The number of halogens is 1. The van der Waals surface area contributed by atoms with Crippen LogP contribution in [0, 0.1) is 0 Å². The standard InChI is InChI=1S/C28H19BrN4O/c29-20-12-10-19(11-13-20)27-18-25(24-8-4-5-9-26(24)31-27)28(34)30-21-14-16-23(17-15-21)33-32-22-6-2-1-3-7-22/h1-18H,(H,30,34). The zero-order chi connectivity index (χ0) is 23.3. The van der Waals surface area contributed by atoms with Gasteiger partial charge < -0.3 is 5.32 Å². The number of benzene rings is 4. The molecule has 34 heavy (non-hydrogen) atoms. The first-order chi connectivity index (χ1) is 16.7. The highest BCUT2D eigenvalue weighted by Crippen LogP contribution is 2.27. The van der Waals surface area contributed by atoms with Crippen molar-refractivity contribution in [3.63, 3.8) is 0 Å². The number of rotatable bonds is 5. The molecule has 0 bridgehead atoms. The van der Waals surface area contributed by atoms with Crippen molar-refractivity contribution in [2.45, 2.75) is 0 Å². The predicted molar refractivity (Wildman–Crippen MR) is 140 cm³/mol. The molecule has 5 aromatic rings. The van der Waals surface area contributed by atoms with Crippen molar-refractivity contribution in [2.24, 2.45) is 10.2 Å². The van der Waals surface area contributed by atoms with E-state index in [0.717, 1.165) is 32.3 Å². The van der Waals surface area contributed by atoms with Crippen LogP contribution in [0.25, 0.3) is 22.2 Å². The monoisotopic (exact) mass is 506 g/mol. The van der Waals surface area contributed by atoms with Gasteiger partial charge in [0.2, 0.25) is 0 Å². The number of amides is 1. The lowest BCUT2D eigenvalue weighted by atomic mass is 10.0. The second-order valence-electron chi connectivity index (χ2n) is 7.62. The van der Waals surface area contributed by atoms with E-state index in [1.165, 1.54) is 0 Å². The molecule has 164 valence electrons. The number of carbonyl (C=O) groups excluding carboxylic acids is 1. The third kappa shape index (κ3) is 4.92. The molecule has 1 aromatic heterocycles. The van der Waals surface area contributed by atoms with Crippen LogP contribution in [0.15, 0.2) is 124 Å². The fourth-order valence-corrected chi connectivity index (χ4v) is 3.82. The van der Waals surface area contributed by atoms with E-state index in [2.05, 4.69) is 31.5 Å². The lowest BCUT2D eigenvalue weighted by molar-refractivity contribution is 0.102. The molecule has 0 atom stereocenters. The van der Waals surface area contributed by atoms with Gasteiger partial charge >= 0.3 is 0 Å². The number of nitrogens with one attached hydrogen (secondary N) is 1. The molecular weight excluding hydrogens is 488 g/mol. The van der Waals surface area contributed by atoms with E-state index >= 15 is 0 Å². The highest BCUT2D eigenvalue weighted by molar-refractivity contribution is 9.10. The summed E-state index contributed by atoms with van der Waals surface area (Å²) in [6, 6.07) is 34.2. The first-order valence-electron chi connectivity index (χ1n) is 10.7. The van der Waals surface area contributed by atoms with Gasteiger partial charge in [-0.2, -0.15) is 10.2 Å². The van der Waals surface area contributed by atoms with Gasteiger partial charge in [0, 0.05) is 21.1 Å². The largest absolute Gasteiger partial charge is 0.322 e. The Morgan fingerprint density at radius 3 is 2.12 bits per heavy atom. The Hall–Kier alpha value is -4.16. The number of fused-ring (bicyclic) bond motifs is 1. The van der Waals surface area contributed by atoms with E-state index < -0.39 is 0 Å². The number of carbonyl (C=O) groups is 1. The lowest BCUT2D eigenvalue weighted by Crippen LogP contribution is -2.13. The van der Waals surface area contributed by atoms with Gasteiger partial charge in [0.05, 0.1) is 28.1 Å². The molecule has 4 aromatic carbocycles. The topological polar surface area (TPSA) is 66.7 Å². The molecule has 1 heterocycles. The SMILES string of the molecule is O=C(Nc1ccc(N=Nc2ccccc2)cc1)c1cc(-c2ccc(Br)cc2)nc2ccccc12. The highest BCUT2D eigenvalue weighted by Gasteiger charge is 2.14. The third-order valence-electron chi connectivity index (χ3n) is 5.26. The predicted octanol–water partition coefficient (Wildman–Crippen LogP) is 8.33. The number of pyridine rings is 1. The van der Waals surface area contributed by atoms with Crippen molar-refractivity contribution in [3.05, 3.63) is 119 Å². The number of hydrogen-bond acceptors (Lipinski definition) is 4. The van der Waals surface area contributed by atoms with Crippen LogP contribution in [-0.4, -0.2) is 10.9 Å². The summed E-state index contributed by atoms with van der Waals surface area (Å²) in [7, 11) is 0. The summed E-state index contributed by atoms with van der Waals surface area (Å²) < 4.78 is 0.988. The molecule has 1 amide bonds. The van der Waals surface area contributed by atoms with Crippen LogP contribution in [0.3, 0.4) is 0 Å². The Morgan fingerprint density at radius 1 is 0.735 bits per heavy atom. The fraction of sp³-hybridized carbons (Fsp3) is 0. The maximum Gasteiger partial charge on any atom is 0.256 e. The van der Waals surface area contributed by atoms with Crippen molar-refractivity contribution in [1.29, 1.82) is 0 Å². The van der Waals surface area contributed by atoms with Gasteiger partial charge in [0.1, 0.15) is 0 Å². The van der Waals surface area contributed by atoms with Crippen LogP contribution >= 0.6 is 15.9 Å². The number of aromatic nitrogens is 1. The van der Waals surface area contributed by atoms with Crippen molar-refractivity contribution in [1.82, 2.24) is 4.98 Å². The van der Waals surface area contributed by atoms with Crippen LogP contribution in [0.5, 0.6) is 0 Å². The summed E-state index contributed by atoms with van der Waals surface area (Å²) >= 11 is 3.46. The maximum atomic E-state index is 13.3. The zero-order valence-corrected chi connectivity index (χ0v) is 19.6. The molecule has 0 aliphatic heterocycles. The van der Waals surface area contributed by atoms with Gasteiger partial charge in [0.25, 0.3) is 5.91 Å². The molecule has 0 unspecified atom stereocenters. The molecule has 1 N–H and O–H groups in total. The van der Waals surface area contributed by atoms with E-state index in [1.54, 1.807) is 0 Å². The van der Waals surface area contributed by atoms with E-state index in [9.17, 15) is 4.79 Å².